The number of hydrogen-bond donors (Lipinski definition) is 0. The highest BCUT2D eigenvalue weighted by Crippen LogP contribution is 2.26. The van der Waals surface area contributed by atoms with Gasteiger partial charge in [-0.05, 0) is 24.3 Å². The van der Waals surface area contributed by atoms with Gasteiger partial charge in [-0.25, -0.2) is 13.1 Å². The predicted molar refractivity (Wildman–Crippen MR) is 127 cm³/mol. The van der Waals surface area contributed by atoms with Gasteiger partial charge in [0.1, 0.15) is 4.90 Å². The van der Waals surface area contributed by atoms with Gasteiger partial charge in [-0.15, -0.1) is 0 Å². The molecule has 2 aromatic heterocycles. The molecule has 3 heterocycles. The molecule has 1 saturated heterocycles. The highest BCUT2D eigenvalue weighted by Gasteiger charge is 2.29. The number of pyridine rings is 1. The van der Waals surface area contributed by atoms with Crippen LogP contribution in [0.4, 0.5) is 0 Å². The van der Waals surface area contributed by atoms with Crippen LogP contribution in [-0.4, -0.2) is 58.6 Å². The van der Waals surface area contributed by atoms with Crippen molar-refractivity contribution in [1.29, 1.82) is 0 Å². The number of rotatable bonds is 6. The molecule has 5 rings (SSSR count). The summed E-state index contributed by atoms with van der Waals surface area (Å²) in [6.45, 7) is 2.92. The van der Waals surface area contributed by atoms with Crippen LogP contribution < -0.4 is 0 Å². The van der Waals surface area contributed by atoms with Crippen LogP contribution in [0.3, 0.4) is 0 Å². The predicted octanol–water partition coefficient (Wildman–Crippen LogP) is 3.44. The van der Waals surface area contributed by atoms with E-state index in [2.05, 4.69) is 28.2 Å². The summed E-state index contributed by atoms with van der Waals surface area (Å²) in [6.07, 6.45) is 5.07. The molecule has 7 nitrogen and oxygen atoms in total. The summed E-state index contributed by atoms with van der Waals surface area (Å²) in [7, 11) is -3.51. The molecule has 0 N–H and O–H groups in total. The molecule has 33 heavy (non-hydrogen) atoms. The normalized spacial score (nSPS) is 15.5. The summed E-state index contributed by atoms with van der Waals surface area (Å²) in [4.78, 5) is 6.49. The molecule has 1 aliphatic rings. The second-order valence-electron chi connectivity index (χ2n) is 8.02. The van der Waals surface area contributed by atoms with E-state index >= 15 is 0 Å². The Kier molecular flexibility index (Phi) is 6.04. The van der Waals surface area contributed by atoms with Gasteiger partial charge in [0.05, 0.1) is 11.4 Å². The number of hydrogen-bond acceptors (Lipinski definition) is 5. The molecule has 0 bridgehead atoms. The van der Waals surface area contributed by atoms with Crippen molar-refractivity contribution >= 4 is 10.0 Å². The van der Waals surface area contributed by atoms with E-state index in [0.29, 0.717) is 32.7 Å². The molecule has 0 aliphatic carbocycles. The van der Waals surface area contributed by atoms with Crippen LogP contribution in [0.2, 0.25) is 0 Å². The van der Waals surface area contributed by atoms with Gasteiger partial charge >= 0.3 is 0 Å². The third kappa shape index (κ3) is 4.59. The van der Waals surface area contributed by atoms with Gasteiger partial charge in [-0.1, -0.05) is 48.5 Å². The molecular formula is C25H25N5O2S. The minimum absolute atomic E-state index is 0.244. The third-order valence-corrected chi connectivity index (χ3v) is 7.74. The lowest BCUT2D eigenvalue weighted by atomic mass is 10.1. The Morgan fingerprint density at radius 1 is 0.818 bits per heavy atom. The van der Waals surface area contributed by atoms with Gasteiger partial charge in [-0.3, -0.25) is 9.88 Å². The zero-order valence-corrected chi connectivity index (χ0v) is 19.0. The molecule has 8 heteroatoms. The van der Waals surface area contributed by atoms with Crippen molar-refractivity contribution in [2.24, 2.45) is 0 Å². The minimum atomic E-state index is -3.51. The van der Waals surface area contributed by atoms with E-state index in [9.17, 15) is 8.42 Å². The summed E-state index contributed by atoms with van der Waals surface area (Å²) in [6, 6.07) is 23.5. The highest BCUT2D eigenvalue weighted by atomic mass is 32.2. The minimum Gasteiger partial charge on any atom is -0.296 e. The Morgan fingerprint density at radius 3 is 2.18 bits per heavy atom. The summed E-state index contributed by atoms with van der Waals surface area (Å²) in [5.41, 5.74) is 4.15. The lowest BCUT2D eigenvalue weighted by Gasteiger charge is -2.33. The SMILES string of the molecule is O=S(=O)(c1cccnc1)N1CCN(Cc2cn(-c3ccccc3)nc2-c2ccccc2)CC1. The van der Waals surface area contributed by atoms with E-state index in [1.54, 1.807) is 22.6 Å². The zero-order valence-electron chi connectivity index (χ0n) is 18.2. The van der Waals surface area contributed by atoms with Crippen LogP contribution in [-0.2, 0) is 16.6 Å². The Labute approximate surface area is 194 Å². The van der Waals surface area contributed by atoms with Gasteiger partial charge < -0.3 is 0 Å². The largest absolute Gasteiger partial charge is 0.296 e. The zero-order chi connectivity index (χ0) is 22.7. The molecular weight excluding hydrogens is 434 g/mol. The molecule has 0 atom stereocenters. The fourth-order valence-corrected chi connectivity index (χ4v) is 5.48. The lowest BCUT2D eigenvalue weighted by molar-refractivity contribution is 0.182. The van der Waals surface area contributed by atoms with Crippen molar-refractivity contribution in [3.63, 3.8) is 0 Å². The van der Waals surface area contributed by atoms with E-state index in [1.807, 2.05) is 53.2 Å². The topological polar surface area (TPSA) is 71.3 Å². The number of sulfonamides is 1. The van der Waals surface area contributed by atoms with Gasteiger partial charge in [0, 0.05) is 62.4 Å². The number of aromatic nitrogens is 3. The van der Waals surface area contributed by atoms with Gasteiger partial charge in [0.2, 0.25) is 10.0 Å². The number of nitrogens with zero attached hydrogens (tertiary/aromatic N) is 5. The second-order valence-corrected chi connectivity index (χ2v) is 9.96. The highest BCUT2D eigenvalue weighted by molar-refractivity contribution is 7.89. The first kappa shape index (κ1) is 21.5. The maximum atomic E-state index is 12.9. The van der Waals surface area contributed by atoms with Crippen molar-refractivity contribution in [3.8, 4) is 16.9 Å². The molecule has 0 saturated carbocycles. The fourth-order valence-electron chi connectivity index (χ4n) is 4.10. The number of piperazine rings is 1. The molecule has 0 unspecified atom stereocenters. The average Bonchev–Trinajstić information content (AvgIpc) is 3.30. The van der Waals surface area contributed by atoms with Gasteiger partial charge in [-0.2, -0.15) is 9.40 Å². The lowest BCUT2D eigenvalue weighted by Crippen LogP contribution is -2.48. The summed E-state index contributed by atoms with van der Waals surface area (Å²) < 4.78 is 29.3. The molecule has 1 fully saturated rings. The first-order chi connectivity index (χ1) is 16.1. The maximum absolute atomic E-state index is 12.9. The molecule has 0 radical (unpaired) electrons. The van der Waals surface area contributed by atoms with Gasteiger partial charge in [0.15, 0.2) is 0 Å². The molecule has 4 aromatic rings. The van der Waals surface area contributed by atoms with Crippen molar-refractivity contribution in [2.45, 2.75) is 11.4 Å². The second kappa shape index (κ2) is 9.27. The van der Waals surface area contributed by atoms with Crippen molar-refractivity contribution in [1.82, 2.24) is 24.0 Å². The first-order valence-electron chi connectivity index (χ1n) is 10.9. The Morgan fingerprint density at radius 2 is 1.52 bits per heavy atom. The summed E-state index contributed by atoms with van der Waals surface area (Å²) >= 11 is 0. The van der Waals surface area contributed by atoms with E-state index in [-0.39, 0.29) is 4.90 Å². The van der Waals surface area contributed by atoms with Crippen molar-refractivity contribution < 1.29 is 8.42 Å². The van der Waals surface area contributed by atoms with E-state index in [0.717, 1.165) is 22.5 Å². The van der Waals surface area contributed by atoms with E-state index in [1.165, 1.54) is 6.20 Å². The maximum Gasteiger partial charge on any atom is 0.244 e. The van der Waals surface area contributed by atoms with Crippen LogP contribution in [0, 0.1) is 0 Å². The van der Waals surface area contributed by atoms with Crippen LogP contribution in [0.1, 0.15) is 5.56 Å². The molecule has 2 aromatic carbocycles. The fraction of sp³-hybridized carbons (Fsp3) is 0.200. The Hall–Kier alpha value is -3.33. The quantitative estimate of drug-likeness (QED) is 0.442. The van der Waals surface area contributed by atoms with Crippen LogP contribution in [0.5, 0.6) is 0 Å². The molecule has 1 aliphatic heterocycles. The van der Waals surface area contributed by atoms with Gasteiger partial charge in [0.25, 0.3) is 0 Å². The number of para-hydroxylation sites is 1. The van der Waals surface area contributed by atoms with Crippen LogP contribution in [0.25, 0.3) is 16.9 Å². The van der Waals surface area contributed by atoms with E-state index in [4.69, 9.17) is 5.10 Å². The Balaban J connectivity index is 1.35. The monoisotopic (exact) mass is 459 g/mol. The summed E-state index contributed by atoms with van der Waals surface area (Å²) in [5, 5.41) is 4.89. The number of benzene rings is 2. The van der Waals surface area contributed by atoms with Crippen molar-refractivity contribution in [2.75, 3.05) is 26.2 Å². The molecule has 0 spiro atoms. The van der Waals surface area contributed by atoms with Crippen LogP contribution >= 0.6 is 0 Å². The Bertz CT molecular complexity index is 1300. The third-order valence-electron chi connectivity index (χ3n) is 5.86. The average molecular weight is 460 g/mol. The molecule has 168 valence electrons. The summed E-state index contributed by atoms with van der Waals surface area (Å²) in [5.74, 6) is 0. The standard InChI is InChI=1S/C25H25N5O2S/c31-33(32,24-12-7-13-26-18-24)29-16-14-28(15-17-29)19-22-20-30(23-10-5-2-6-11-23)27-25(22)21-8-3-1-4-9-21/h1-13,18,20H,14-17,19H2. The smallest absolute Gasteiger partial charge is 0.244 e. The van der Waals surface area contributed by atoms with Crippen LogP contribution in [0.15, 0.2) is 96.3 Å². The van der Waals surface area contributed by atoms with Crippen molar-refractivity contribution in [3.05, 3.63) is 97.0 Å². The van der Waals surface area contributed by atoms with E-state index < -0.39 is 10.0 Å². The molecule has 0 amide bonds. The first-order valence-corrected chi connectivity index (χ1v) is 12.4.